The molecule has 0 bridgehead atoms. The van der Waals surface area contributed by atoms with E-state index >= 15 is 0 Å². The molecule has 0 fully saturated rings. The Bertz CT molecular complexity index is 745. The molecule has 2 aromatic rings. The summed E-state index contributed by atoms with van der Waals surface area (Å²) in [4.78, 5) is 2.38. The highest BCUT2D eigenvalue weighted by molar-refractivity contribution is 5.42. The second-order valence-electron chi connectivity index (χ2n) is 7.17. The van der Waals surface area contributed by atoms with Crippen LogP contribution in [0.5, 0.6) is 11.5 Å². The van der Waals surface area contributed by atoms with Crippen molar-refractivity contribution in [3.8, 4) is 11.5 Å². The molecular formula is C21H26FNO2. The van der Waals surface area contributed by atoms with Crippen molar-refractivity contribution in [1.29, 1.82) is 0 Å². The zero-order valence-corrected chi connectivity index (χ0v) is 15.1. The van der Waals surface area contributed by atoms with E-state index in [-0.39, 0.29) is 17.7 Å². The van der Waals surface area contributed by atoms with Gasteiger partial charge < -0.3 is 9.84 Å². The molecule has 25 heavy (non-hydrogen) atoms. The molecule has 0 amide bonds. The third-order valence-electron chi connectivity index (χ3n) is 4.78. The summed E-state index contributed by atoms with van der Waals surface area (Å²) >= 11 is 0. The first-order chi connectivity index (χ1) is 11.9. The summed E-state index contributed by atoms with van der Waals surface area (Å²) in [5, 5.41) is 9.89. The van der Waals surface area contributed by atoms with Crippen molar-refractivity contribution in [2.45, 2.75) is 58.8 Å². The van der Waals surface area contributed by atoms with Crippen LogP contribution in [0.2, 0.25) is 0 Å². The van der Waals surface area contributed by atoms with Gasteiger partial charge in [-0.15, -0.1) is 0 Å². The average Bonchev–Trinajstić information content (AvgIpc) is 2.98. The minimum absolute atomic E-state index is 0.0311. The standard InChI is InChI=1S/C21H26FNO2/c1-14(2)25-21-10-16(6-9-20(21)24)5-4-15(3)23-12-17-7-8-19(22)11-18(17)13-23/h6-11,14-15,24H,4-5,12-13H2,1-3H3. The van der Waals surface area contributed by atoms with E-state index in [0.717, 1.165) is 37.1 Å². The minimum atomic E-state index is -0.157. The molecule has 1 unspecified atom stereocenters. The highest BCUT2D eigenvalue weighted by Crippen LogP contribution is 2.30. The Morgan fingerprint density at radius 1 is 1.08 bits per heavy atom. The molecule has 0 aromatic heterocycles. The first-order valence-corrected chi connectivity index (χ1v) is 8.92. The molecule has 0 radical (unpaired) electrons. The predicted octanol–water partition coefficient (Wildman–Crippen LogP) is 4.66. The molecule has 1 N–H and O–H groups in total. The van der Waals surface area contributed by atoms with Gasteiger partial charge in [-0.05, 0) is 74.6 Å². The van der Waals surface area contributed by atoms with Gasteiger partial charge in [0.2, 0.25) is 0 Å². The maximum Gasteiger partial charge on any atom is 0.161 e. The van der Waals surface area contributed by atoms with Crippen LogP contribution < -0.4 is 4.74 Å². The second kappa shape index (κ2) is 7.44. The minimum Gasteiger partial charge on any atom is -0.504 e. The molecule has 134 valence electrons. The number of hydrogen-bond donors (Lipinski definition) is 1. The van der Waals surface area contributed by atoms with Crippen LogP contribution in [0.4, 0.5) is 4.39 Å². The van der Waals surface area contributed by atoms with E-state index in [4.69, 9.17) is 4.74 Å². The molecule has 1 atom stereocenters. The van der Waals surface area contributed by atoms with E-state index in [9.17, 15) is 9.50 Å². The first-order valence-electron chi connectivity index (χ1n) is 8.92. The SMILES string of the molecule is CC(C)Oc1cc(CCC(C)N2Cc3ccc(F)cc3C2)ccc1O. The van der Waals surface area contributed by atoms with Crippen molar-refractivity contribution >= 4 is 0 Å². The number of ether oxygens (including phenoxy) is 1. The van der Waals surface area contributed by atoms with E-state index in [2.05, 4.69) is 11.8 Å². The van der Waals surface area contributed by atoms with Crippen LogP contribution in [0, 0.1) is 5.82 Å². The third kappa shape index (κ3) is 4.31. The normalized spacial score (nSPS) is 15.4. The quantitative estimate of drug-likeness (QED) is 0.828. The molecule has 4 heteroatoms. The lowest BCUT2D eigenvalue weighted by atomic mass is 10.0. The van der Waals surface area contributed by atoms with E-state index < -0.39 is 0 Å². The van der Waals surface area contributed by atoms with Crippen molar-refractivity contribution < 1.29 is 14.2 Å². The Balaban J connectivity index is 1.59. The largest absolute Gasteiger partial charge is 0.504 e. The summed E-state index contributed by atoms with van der Waals surface area (Å²) < 4.78 is 19.0. The summed E-state index contributed by atoms with van der Waals surface area (Å²) in [5.74, 6) is 0.571. The van der Waals surface area contributed by atoms with Gasteiger partial charge in [-0.2, -0.15) is 0 Å². The van der Waals surface area contributed by atoms with Gasteiger partial charge in [0.25, 0.3) is 0 Å². The zero-order valence-electron chi connectivity index (χ0n) is 15.1. The Labute approximate surface area is 149 Å². The summed E-state index contributed by atoms with van der Waals surface area (Å²) in [6.07, 6.45) is 1.95. The van der Waals surface area contributed by atoms with Gasteiger partial charge >= 0.3 is 0 Å². The van der Waals surface area contributed by atoms with Gasteiger partial charge in [0.1, 0.15) is 5.82 Å². The zero-order chi connectivity index (χ0) is 18.0. The van der Waals surface area contributed by atoms with Crippen LogP contribution in [0.3, 0.4) is 0 Å². The van der Waals surface area contributed by atoms with Gasteiger partial charge in [0.15, 0.2) is 11.5 Å². The predicted molar refractivity (Wildman–Crippen MR) is 97.3 cm³/mol. The number of hydrogen-bond acceptors (Lipinski definition) is 3. The van der Waals surface area contributed by atoms with Crippen molar-refractivity contribution in [1.82, 2.24) is 4.90 Å². The monoisotopic (exact) mass is 343 g/mol. The smallest absolute Gasteiger partial charge is 0.161 e. The van der Waals surface area contributed by atoms with Gasteiger partial charge in [-0.1, -0.05) is 12.1 Å². The lowest BCUT2D eigenvalue weighted by Gasteiger charge is -2.24. The van der Waals surface area contributed by atoms with E-state index in [1.54, 1.807) is 18.2 Å². The fourth-order valence-corrected chi connectivity index (χ4v) is 3.32. The summed E-state index contributed by atoms with van der Waals surface area (Å²) in [5.41, 5.74) is 3.48. The Hall–Kier alpha value is -2.07. The van der Waals surface area contributed by atoms with Crippen LogP contribution in [0.15, 0.2) is 36.4 Å². The van der Waals surface area contributed by atoms with Crippen LogP contribution >= 0.6 is 0 Å². The number of benzene rings is 2. The van der Waals surface area contributed by atoms with Crippen molar-refractivity contribution in [2.75, 3.05) is 0 Å². The molecule has 3 nitrogen and oxygen atoms in total. The average molecular weight is 343 g/mol. The molecule has 3 rings (SSSR count). The van der Waals surface area contributed by atoms with E-state index in [1.165, 1.54) is 5.56 Å². The number of phenols is 1. The maximum atomic E-state index is 13.4. The Morgan fingerprint density at radius 3 is 2.60 bits per heavy atom. The lowest BCUT2D eigenvalue weighted by molar-refractivity contribution is 0.203. The van der Waals surface area contributed by atoms with E-state index in [1.807, 2.05) is 32.0 Å². The van der Waals surface area contributed by atoms with Gasteiger partial charge in [0, 0.05) is 19.1 Å². The number of halogens is 1. The summed E-state index contributed by atoms with van der Waals surface area (Å²) in [7, 11) is 0. The van der Waals surface area contributed by atoms with E-state index in [0.29, 0.717) is 11.8 Å². The Morgan fingerprint density at radius 2 is 1.84 bits per heavy atom. The van der Waals surface area contributed by atoms with Crippen LogP contribution in [0.25, 0.3) is 0 Å². The first kappa shape index (κ1) is 17.7. The Kier molecular flexibility index (Phi) is 5.28. The van der Waals surface area contributed by atoms with Crippen LogP contribution in [-0.2, 0) is 19.5 Å². The van der Waals surface area contributed by atoms with Crippen molar-refractivity contribution in [3.63, 3.8) is 0 Å². The second-order valence-corrected chi connectivity index (χ2v) is 7.17. The number of rotatable bonds is 6. The van der Waals surface area contributed by atoms with Crippen molar-refractivity contribution in [2.24, 2.45) is 0 Å². The maximum absolute atomic E-state index is 13.4. The number of aryl methyl sites for hydroxylation is 1. The molecule has 0 aliphatic carbocycles. The number of aromatic hydroxyl groups is 1. The van der Waals surface area contributed by atoms with Gasteiger partial charge in [0.05, 0.1) is 6.10 Å². The summed E-state index contributed by atoms with van der Waals surface area (Å²) in [6.45, 7) is 7.80. The van der Waals surface area contributed by atoms with Crippen molar-refractivity contribution in [3.05, 3.63) is 58.9 Å². The molecule has 1 aliphatic rings. The number of fused-ring (bicyclic) bond motifs is 1. The van der Waals surface area contributed by atoms with Crippen LogP contribution in [-0.4, -0.2) is 22.2 Å². The van der Waals surface area contributed by atoms with Gasteiger partial charge in [-0.3, -0.25) is 4.90 Å². The van der Waals surface area contributed by atoms with Crippen LogP contribution in [0.1, 0.15) is 43.9 Å². The fraction of sp³-hybridized carbons (Fsp3) is 0.429. The fourth-order valence-electron chi connectivity index (χ4n) is 3.32. The highest BCUT2D eigenvalue weighted by atomic mass is 19.1. The molecule has 1 heterocycles. The molecule has 2 aromatic carbocycles. The number of phenolic OH excluding ortho intramolecular Hbond substituents is 1. The highest BCUT2D eigenvalue weighted by Gasteiger charge is 2.23. The summed E-state index contributed by atoms with van der Waals surface area (Å²) in [6, 6.07) is 11.1. The topological polar surface area (TPSA) is 32.7 Å². The molecule has 0 saturated carbocycles. The molecule has 0 saturated heterocycles. The molecule has 0 spiro atoms. The molecular weight excluding hydrogens is 317 g/mol. The lowest BCUT2D eigenvalue weighted by Crippen LogP contribution is -2.28. The third-order valence-corrected chi connectivity index (χ3v) is 4.78. The number of nitrogens with zero attached hydrogens (tertiary/aromatic N) is 1. The van der Waals surface area contributed by atoms with Gasteiger partial charge in [-0.25, -0.2) is 4.39 Å². The molecule has 1 aliphatic heterocycles.